The molecule has 2 aromatic rings. The molecule has 1 aromatic heterocycles. The molecule has 1 heterocycles. The van der Waals surface area contributed by atoms with Gasteiger partial charge in [0.05, 0.1) is 10.7 Å². The molecule has 0 aliphatic carbocycles. The summed E-state index contributed by atoms with van der Waals surface area (Å²) in [5, 5.41) is 15.1. The molecule has 2 rings (SSSR count). The van der Waals surface area contributed by atoms with Gasteiger partial charge in [0.2, 0.25) is 0 Å². The summed E-state index contributed by atoms with van der Waals surface area (Å²) in [7, 11) is 0. The van der Waals surface area contributed by atoms with Gasteiger partial charge in [0.25, 0.3) is 5.91 Å². The molecule has 0 spiro atoms. The molecule has 4 nitrogen and oxygen atoms in total. The van der Waals surface area contributed by atoms with Gasteiger partial charge in [-0.25, -0.2) is 4.98 Å². The Bertz CT molecular complexity index is 742. The molecule has 0 bridgehead atoms. The van der Waals surface area contributed by atoms with E-state index in [1.165, 1.54) is 17.4 Å². The lowest BCUT2D eigenvalue weighted by molar-refractivity contribution is -0.112. The lowest BCUT2D eigenvalue weighted by Gasteiger charge is -2.05. The summed E-state index contributed by atoms with van der Waals surface area (Å²) in [5.41, 5.74) is 0.956. The van der Waals surface area contributed by atoms with E-state index >= 15 is 0 Å². The van der Waals surface area contributed by atoms with Gasteiger partial charge < -0.3 is 5.32 Å². The molecule has 1 amide bonds. The Balaban J connectivity index is 2.21. The molecule has 7 heteroatoms. The van der Waals surface area contributed by atoms with Gasteiger partial charge in [-0.05, 0) is 31.2 Å². The minimum absolute atomic E-state index is 0.0450. The van der Waals surface area contributed by atoms with E-state index < -0.39 is 5.91 Å². The van der Waals surface area contributed by atoms with Gasteiger partial charge in [-0.1, -0.05) is 23.2 Å². The number of rotatable bonds is 3. The minimum atomic E-state index is -0.540. The van der Waals surface area contributed by atoms with E-state index in [0.29, 0.717) is 21.4 Å². The number of aromatic nitrogens is 1. The Kier molecular flexibility index (Phi) is 4.97. The molecular weight excluding hydrogens is 329 g/mol. The fourth-order valence-corrected chi connectivity index (χ4v) is 2.66. The van der Waals surface area contributed by atoms with Crippen LogP contribution in [0.5, 0.6) is 0 Å². The van der Waals surface area contributed by atoms with Crippen molar-refractivity contribution in [3.05, 3.63) is 49.9 Å². The summed E-state index contributed by atoms with van der Waals surface area (Å²) >= 11 is 13.2. The third-order valence-electron chi connectivity index (χ3n) is 2.41. The number of nitriles is 1. The smallest absolute Gasteiger partial charge is 0.266 e. The molecule has 21 heavy (non-hydrogen) atoms. The van der Waals surface area contributed by atoms with Crippen molar-refractivity contribution >= 4 is 52.2 Å². The second-order valence-electron chi connectivity index (χ2n) is 4.07. The van der Waals surface area contributed by atoms with Gasteiger partial charge in [-0.3, -0.25) is 4.79 Å². The Labute approximate surface area is 135 Å². The van der Waals surface area contributed by atoms with Crippen LogP contribution in [-0.2, 0) is 4.79 Å². The average molecular weight is 338 g/mol. The number of nitrogens with one attached hydrogen (secondary N) is 1. The van der Waals surface area contributed by atoms with Crippen LogP contribution in [-0.4, -0.2) is 10.9 Å². The number of thiazole rings is 1. The standard InChI is InChI=1S/C14H9Cl2N3OS/c1-8-18-13(7-21-8)2-9(6-17)14(20)19-12-4-10(15)3-11(16)5-12/h2-5,7H,1H3,(H,19,20)/b9-2+. The van der Waals surface area contributed by atoms with Gasteiger partial charge in [-0.15, -0.1) is 11.3 Å². The lowest BCUT2D eigenvalue weighted by atomic mass is 10.2. The quantitative estimate of drug-likeness (QED) is 0.670. The van der Waals surface area contributed by atoms with Crippen LogP contribution >= 0.6 is 34.5 Å². The molecule has 1 N–H and O–H groups in total. The van der Waals surface area contributed by atoms with E-state index in [1.54, 1.807) is 23.6 Å². The van der Waals surface area contributed by atoms with Crippen molar-refractivity contribution in [2.75, 3.05) is 5.32 Å². The highest BCUT2D eigenvalue weighted by molar-refractivity contribution is 7.09. The topological polar surface area (TPSA) is 65.8 Å². The van der Waals surface area contributed by atoms with E-state index in [2.05, 4.69) is 10.3 Å². The normalized spacial score (nSPS) is 11.0. The summed E-state index contributed by atoms with van der Waals surface area (Å²) in [6.45, 7) is 1.85. The van der Waals surface area contributed by atoms with Gasteiger partial charge in [0, 0.05) is 21.1 Å². The summed E-state index contributed by atoms with van der Waals surface area (Å²) in [6.07, 6.45) is 1.44. The van der Waals surface area contributed by atoms with Crippen LogP contribution in [0, 0.1) is 18.3 Å². The van der Waals surface area contributed by atoms with Crippen molar-refractivity contribution in [2.24, 2.45) is 0 Å². The zero-order valence-electron chi connectivity index (χ0n) is 10.9. The number of hydrogen-bond donors (Lipinski definition) is 1. The highest BCUT2D eigenvalue weighted by Gasteiger charge is 2.11. The first kappa shape index (κ1) is 15.5. The van der Waals surface area contributed by atoms with Gasteiger partial charge in [0.15, 0.2) is 0 Å². The molecule has 0 saturated carbocycles. The van der Waals surface area contributed by atoms with Crippen LogP contribution in [0.1, 0.15) is 10.7 Å². The molecule has 0 saturated heterocycles. The van der Waals surface area contributed by atoms with Crippen LogP contribution < -0.4 is 5.32 Å². The molecule has 0 aliphatic rings. The van der Waals surface area contributed by atoms with Crippen LogP contribution in [0.15, 0.2) is 29.2 Å². The Morgan fingerprint density at radius 2 is 2.05 bits per heavy atom. The predicted molar refractivity (Wildman–Crippen MR) is 85.5 cm³/mol. The van der Waals surface area contributed by atoms with E-state index in [0.717, 1.165) is 5.01 Å². The molecular formula is C14H9Cl2N3OS. The summed E-state index contributed by atoms with van der Waals surface area (Å²) in [6, 6.07) is 6.51. The number of benzene rings is 1. The maximum Gasteiger partial charge on any atom is 0.266 e. The largest absolute Gasteiger partial charge is 0.321 e. The van der Waals surface area contributed by atoms with Crippen molar-refractivity contribution < 1.29 is 4.79 Å². The zero-order chi connectivity index (χ0) is 15.4. The summed E-state index contributed by atoms with van der Waals surface area (Å²) in [5.74, 6) is -0.540. The van der Waals surface area contributed by atoms with Crippen LogP contribution in [0.2, 0.25) is 10.0 Å². The van der Waals surface area contributed by atoms with E-state index in [9.17, 15) is 4.79 Å². The molecule has 0 fully saturated rings. The monoisotopic (exact) mass is 337 g/mol. The second-order valence-corrected chi connectivity index (χ2v) is 6.01. The summed E-state index contributed by atoms with van der Waals surface area (Å²) in [4.78, 5) is 16.2. The van der Waals surface area contributed by atoms with Gasteiger partial charge >= 0.3 is 0 Å². The third-order valence-corrected chi connectivity index (χ3v) is 3.64. The molecule has 1 aromatic carbocycles. The lowest BCUT2D eigenvalue weighted by Crippen LogP contribution is -2.13. The third kappa shape index (κ3) is 4.30. The minimum Gasteiger partial charge on any atom is -0.321 e. The number of aryl methyl sites for hydroxylation is 1. The molecule has 0 unspecified atom stereocenters. The van der Waals surface area contributed by atoms with Gasteiger partial charge in [-0.2, -0.15) is 5.26 Å². The first-order chi connectivity index (χ1) is 9.97. The summed E-state index contributed by atoms with van der Waals surface area (Å²) < 4.78 is 0. The van der Waals surface area contributed by atoms with Crippen LogP contribution in [0.4, 0.5) is 5.69 Å². The number of carbonyl (C=O) groups excluding carboxylic acids is 1. The number of amides is 1. The Morgan fingerprint density at radius 3 is 2.57 bits per heavy atom. The second kappa shape index (κ2) is 6.72. The maximum atomic E-state index is 12.1. The number of nitrogens with zero attached hydrogens (tertiary/aromatic N) is 2. The van der Waals surface area contributed by atoms with E-state index in [1.807, 2.05) is 13.0 Å². The number of anilines is 1. The van der Waals surface area contributed by atoms with E-state index in [-0.39, 0.29) is 5.57 Å². The number of hydrogen-bond acceptors (Lipinski definition) is 4. The first-order valence-electron chi connectivity index (χ1n) is 5.79. The number of halogens is 2. The predicted octanol–water partition coefficient (Wildman–Crippen LogP) is 4.30. The highest BCUT2D eigenvalue weighted by atomic mass is 35.5. The first-order valence-corrected chi connectivity index (χ1v) is 7.43. The van der Waals surface area contributed by atoms with Crippen molar-refractivity contribution in [1.82, 2.24) is 4.98 Å². The van der Waals surface area contributed by atoms with E-state index in [4.69, 9.17) is 28.5 Å². The maximum absolute atomic E-state index is 12.1. The fourth-order valence-electron chi connectivity index (χ4n) is 1.57. The fraction of sp³-hybridized carbons (Fsp3) is 0.0714. The zero-order valence-corrected chi connectivity index (χ0v) is 13.2. The van der Waals surface area contributed by atoms with Crippen LogP contribution in [0.25, 0.3) is 6.08 Å². The Morgan fingerprint density at radius 1 is 1.38 bits per heavy atom. The van der Waals surface area contributed by atoms with Crippen molar-refractivity contribution in [1.29, 1.82) is 5.26 Å². The molecule has 0 aliphatic heterocycles. The Hall–Kier alpha value is -1.87. The number of carbonyl (C=O) groups is 1. The highest BCUT2D eigenvalue weighted by Crippen LogP contribution is 2.23. The van der Waals surface area contributed by atoms with Crippen molar-refractivity contribution in [3.63, 3.8) is 0 Å². The average Bonchev–Trinajstić information content (AvgIpc) is 2.80. The van der Waals surface area contributed by atoms with Gasteiger partial charge in [0.1, 0.15) is 11.6 Å². The van der Waals surface area contributed by atoms with Crippen LogP contribution in [0.3, 0.4) is 0 Å². The molecule has 106 valence electrons. The molecule has 0 atom stereocenters. The van der Waals surface area contributed by atoms with Crippen molar-refractivity contribution in [2.45, 2.75) is 6.92 Å². The SMILES string of the molecule is Cc1nc(/C=C(\C#N)C(=O)Nc2cc(Cl)cc(Cl)c2)cs1. The van der Waals surface area contributed by atoms with Crippen molar-refractivity contribution in [3.8, 4) is 6.07 Å². The molecule has 0 radical (unpaired) electrons.